The van der Waals surface area contributed by atoms with Crippen molar-refractivity contribution in [3.05, 3.63) is 58.6 Å². The number of halogens is 1. The van der Waals surface area contributed by atoms with Gasteiger partial charge in [0, 0.05) is 4.47 Å². The summed E-state index contributed by atoms with van der Waals surface area (Å²) in [6.45, 7) is 1.12. The molecule has 2 nitrogen and oxygen atoms in total. The van der Waals surface area contributed by atoms with Crippen molar-refractivity contribution in [1.82, 2.24) is 4.90 Å². The SMILES string of the molecule is CN(C)CCCc1ccc(Oc2ccc(Br)cc2)cc1. The zero-order chi connectivity index (χ0) is 14.4. The van der Waals surface area contributed by atoms with Gasteiger partial charge in [-0.05, 0) is 75.4 Å². The minimum atomic E-state index is 0.855. The summed E-state index contributed by atoms with van der Waals surface area (Å²) in [6.07, 6.45) is 2.29. The number of hydrogen-bond acceptors (Lipinski definition) is 2. The quantitative estimate of drug-likeness (QED) is 0.757. The lowest BCUT2D eigenvalue weighted by molar-refractivity contribution is 0.400. The predicted octanol–water partition coefficient (Wildman–Crippen LogP) is 4.74. The molecule has 0 aromatic heterocycles. The standard InChI is InChI=1S/C17H20BrNO/c1-19(2)13-3-4-14-5-9-16(10-6-14)20-17-11-7-15(18)8-12-17/h5-12H,3-4,13H2,1-2H3. The molecule has 0 saturated carbocycles. The van der Waals surface area contributed by atoms with E-state index >= 15 is 0 Å². The smallest absolute Gasteiger partial charge is 0.127 e. The van der Waals surface area contributed by atoms with Crippen molar-refractivity contribution in [2.24, 2.45) is 0 Å². The highest BCUT2D eigenvalue weighted by Gasteiger charge is 1.99. The summed E-state index contributed by atoms with van der Waals surface area (Å²) >= 11 is 3.42. The number of rotatable bonds is 6. The highest BCUT2D eigenvalue weighted by atomic mass is 79.9. The molecule has 0 bridgehead atoms. The van der Waals surface area contributed by atoms with Crippen LogP contribution in [0.25, 0.3) is 0 Å². The first-order valence-electron chi connectivity index (χ1n) is 6.80. The molecule has 0 atom stereocenters. The summed E-state index contributed by atoms with van der Waals surface area (Å²) in [4.78, 5) is 2.21. The minimum absolute atomic E-state index is 0.855. The third-order valence-corrected chi connectivity index (χ3v) is 3.57. The van der Waals surface area contributed by atoms with Gasteiger partial charge in [0.1, 0.15) is 11.5 Å². The normalized spacial score (nSPS) is 10.8. The Morgan fingerprint density at radius 2 is 1.45 bits per heavy atom. The summed E-state index contributed by atoms with van der Waals surface area (Å²) < 4.78 is 6.86. The molecule has 0 aliphatic carbocycles. The van der Waals surface area contributed by atoms with Gasteiger partial charge in [0.15, 0.2) is 0 Å². The molecular formula is C17H20BrNO. The lowest BCUT2D eigenvalue weighted by Gasteiger charge is -2.09. The van der Waals surface area contributed by atoms with Gasteiger partial charge in [-0.1, -0.05) is 28.1 Å². The molecule has 0 aliphatic rings. The van der Waals surface area contributed by atoms with Crippen molar-refractivity contribution in [1.29, 1.82) is 0 Å². The number of benzene rings is 2. The molecular weight excluding hydrogens is 314 g/mol. The number of nitrogens with zero attached hydrogens (tertiary/aromatic N) is 1. The Balaban J connectivity index is 1.89. The molecule has 0 saturated heterocycles. The molecule has 2 rings (SSSR count). The molecule has 2 aromatic rings. The third kappa shape index (κ3) is 4.99. The topological polar surface area (TPSA) is 12.5 Å². The van der Waals surface area contributed by atoms with Gasteiger partial charge >= 0.3 is 0 Å². The molecule has 0 aliphatic heterocycles. The van der Waals surface area contributed by atoms with Gasteiger partial charge in [-0.3, -0.25) is 0 Å². The summed E-state index contributed by atoms with van der Waals surface area (Å²) in [5.74, 6) is 1.73. The second kappa shape index (κ2) is 7.46. The Morgan fingerprint density at radius 3 is 2.00 bits per heavy atom. The molecule has 0 heterocycles. The van der Waals surface area contributed by atoms with Gasteiger partial charge in [0.05, 0.1) is 0 Å². The van der Waals surface area contributed by atoms with E-state index in [2.05, 4.69) is 47.1 Å². The van der Waals surface area contributed by atoms with E-state index in [1.165, 1.54) is 12.0 Å². The van der Waals surface area contributed by atoms with Crippen molar-refractivity contribution in [3.8, 4) is 11.5 Å². The first-order chi connectivity index (χ1) is 9.63. The van der Waals surface area contributed by atoms with Crippen LogP contribution in [0.15, 0.2) is 53.0 Å². The summed E-state index contributed by atoms with van der Waals surface area (Å²) in [5.41, 5.74) is 1.36. The van der Waals surface area contributed by atoms with E-state index in [-0.39, 0.29) is 0 Å². The van der Waals surface area contributed by atoms with Gasteiger partial charge in [0.25, 0.3) is 0 Å². The van der Waals surface area contributed by atoms with Crippen LogP contribution in [0, 0.1) is 0 Å². The maximum absolute atomic E-state index is 5.80. The van der Waals surface area contributed by atoms with Gasteiger partial charge in [-0.2, -0.15) is 0 Å². The van der Waals surface area contributed by atoms with Crippen molar-refractivity contribution in [2.45, 2.75) is 12.8 Å². The van der Waals surface area contributed by atoms with E-state index in [0.29, 0.717) is 0 Å². The van der Waals surface area contributed by atoms with Gasteiger partial charge in [-0.25, -0.2) is 0 Å². The van der Waals surface area contributed by atoms with E-state index in [1.807, 2.05) is 36.4 Å². The Kier molecular flexibility index (Phi) is 5.62. The van der Waals surface area contributed by atoms with Crippen LogP contribution in [0.4, 0.5) is 0 Å². The van der Waals surface area contributed by atoms with Crippen molar-refractivity contribution in [2.75, 3.05) is 20.6 Å². The van der Waals surface area contributed by atoms with Crippen LogP contribution in [0.5, 0.6) is 11.5 Å². The molecule has 0 amide bonds. The number of ether oxygens (including phenoxy) is 1. The van der Waals surface area contributed by atoms with Crippen LogP contribution in [-0.4, -0.2) is 25.5 Å². The Morgan fingerprint density at radius 1 is 0.900 bits per heavy atom. The third-order valence-electron chi connectivity index (χ3n) is 3.04. The second-order valence-electron chi connectivity index (χ2n) is 5.11. The predicted molar refractivity (Wildman–Crippen MR) is 87.5 cm³/mol. The number of aryl methyl sites for hydroxylation is 1. The fourth-order valence-corrected chi connectivity index (χ4v) is 2.23. The maximum Gasteiger partial charge on any atom is 0.127 e. The number of hydrogen-bond donors (Lipinski definition) is 0. The fourth-order valence-electron chi connectivity index (χ4n) is 1.96. The van der Waals surface area contributed by atoms with Gasteiger partial charge in [0.2, 0.25) is 0 Å². The molecule has 0 radical (unpaired) electrons. The largest absolute Gasteiger partial charge is 0.457 e. The molecule has 0 spiro atoms. The first kappa shape index (κ1) is 15.1. The Bertz CT molecular complexity index is 520. The molecule has 0 fully saturated rings. The van der Waals surface area contributed by atoms with Crippen molar-refractivity contribution < 1.29 is 4.74 Å². The summed E-state index contributed by atoms with van der Waals surface area (Å²) in [6, 6.07) is 16.2. The lowest BCUT2D eigenvalue weighted by Crippen LogP contribution is -2.13. The first-order valence-corrected chi connectivity index (χ1v) is 7.60. The maximum atomic E-state index is 5.80. The molecule has 2 aromatic carbocycles. The second-order valence-corrected chi connectivity index (χ2v) is 6.02. The van der Waals surface area contributed by atoms with Crippen LogP contribution in [-0.2, 0) is 6.42 Å². The Labute approximate surface area is 129 Å². The summed E-state index contributed by atoms with van der Waals surface area (Å²) in [7, 11) is 4.21. The van der Waals surface area contributed by atoms with Crippen LogP contribution >= 0.6 is 15.9 Å². The van der Waals surface area contributed by atoms with E-state index in [1.54, 1.807) is 0 Å². The fraction of sp³-hybridized carbons (Fsp3) is 0.294. The van der Waals surface area contributed by atoms with E-state index in [4.69, 9.17) is 4.74 Å². The highest BCUT2D eigenvalue weighted by Crippen LogP contribution is 2.23. The van der Waals surface area contributed by atoms with E-state index in [9.17, 15) is 0 Å². The van der Waals surface area contributed by atoms with Gasteiger partial charge in [-0.15, -0.1) is 0 Å². The van der Waals surface area contributed by atoms with Crippen molar-refractivity contribution >= 4 is 15.9 Å². The van der Waals surface area contributed by atoms with Crippen LogP contribution < -0.4 is 4.74 Å². The Hall–Kier alpha value is -1.32. The lowest BCUT2D eigenvalue weighted by atomic mass is 10.1. The average Bonchev–Trinajstić information content (AvgIpc) is 2.43. The average molecular weight is 334 g/mol. The van der Waals surface area contributed by atoms with Crippen LogP contribution in [0.2, 0.25) is 0 Å². The highest BCUT2D eigenvalue weighted by molar-refractivity contribution is 9.10. The minimum Gasteiger partial charge on any atom is -0.457 e. The molecule has 0 N–H and O–H groups in total. The van der Waals surface area contributed by atoms with E-state index < -0.39 is 0 Å². The van der Waals surface area contributed by atoms with E-state index in [0.717, 1.165) is 28.9 Å². The van der Waals surface area contributed by atoms with Gasteiger partial charge < -0.3 is 9.64 Å². The molecule has 20 heavy (non-hydrogen) atoms. The van der Waals surface area contributed by atoms with Crippen LogP contribution in [0.1, 0.15) is 12.0 Å². The van der Waals surface area contributed by atoms with Crippen LogP contribution in [0.3, 0.4) is 0 Å². The molecule has 106 valence electrons. The molecule has 0 unspecified atom stereocenters. The zero-order valence-electron chi connectivity index (χ0n) is 12.0. The molecule has 3 heteroatoms. The summed E-state index contributed by atoms with van der Waals surface area (Å²) in [5, 5.41) is 0. The van der Waals surface area contributed by atoms with Crippen molar-refractivity contribution in [3.63, 3.8) is 0 Å². The zero-order valence-corrected chi connectivity index (χ0v) is 13.6. The monoisotopic (exact) mass is 333 g/mol.